The molecule has 0 aromatic carbocycles. The second-order valence-corrected chi connectivity index (χ2v) is 1.04. The predicted molar refractivity (Wildman–Crippen MR) is 31.8 cm³/mol. The van der Waals surface area contributed by atoms with Crippen molar-refractivity contribution in [2.75, 3.05) is 19.8 Å². The summed E-state index contributed by atoms with van der Waals surface area (Å²) in [5.41, 5.74) is 0. The summed E-state index contributed by atoms with van der Waals surface area (Å²) in [6, 6.07) is 0. The molecule has 1 nitrogen and oxygen atoms in total. The first-order chi connectivity index (χ1) is 2.91. The van der Waals surface area contributed by atoms with E-state index in [2.05, 4.69) is 5.32 Å². The van der Waals surface area contributed by atoms with Gasteiger partial charge in [0.15, 0.2) is 0 Å². The third kappa shape index (κ3) is 10.7. The molecule has 0 spiro atoms. The van der Waals surface area contributed by atoms with Gasteiger partial charge in [0, 0.05) is 6.54 Å². The Bertz CT molecular complexity index is 23.7. The second kappa shape index (κ2) is 9.49. The van der Waals surface area contributed by atoms with Crippen LogP contribution in [0.1, 0.15) is 6.92 Å². The monoisotopic (exact) mass is 127 g/mol. The van der Waals surface area contributed by atoms with Crippen LogP contribution in [0.5, 0.6) is 0 Å². The molecule has 0 aromatic rings. The normalized spacial score (nSPS) is 7.71. The van der Waals surface area contributed by atoms with Gasteiger partial charge in [0.2, 0.25) is 0 Å². The first kappa shape index (κ1) is 10.2. The Hall–Kier alpha value is 0.180. The standard InChI is InChI=1S/C4H10FN.ClH/c1-2-6-4-3-5;/h6H,2-4H2,1H3;1H. The van der Waals surface area contributed by atoms with Crippen molar-refractivity contribution in [3.8, 4) is 0 Å². The topological polar surface area (TPSA) is 12.0 Å². The average Bonchev–Trinajstić information content (AvgIpc) is 1.61. The first-order valence-electron chi connectivity index (χ1n) is 2.18. The van der Waals surface area contributed by atoms with Crippen LogP contribution in [-0.4, -0.2) is 19.8 Å². The van der Waals surface area contributed by atoms with Gasteiger partial charge in [0.25, 0.3) is 0 Å². The van der Waals surface area contributed by atoms with Gasteiger partial charge < -0.3 is 5.32 Å². The Morgan fingerprint density at radius 3 is 2.29 bits per heavy atom. The molecule has 0 rings (SSSR count). The maximum atomic E-state index is 11.1. The van der Waals surface area contributed by atoms with Gasteiger partial charge in [-0.25, -0.2) is 4.39 Å². The lowest BCUT2D eigenvalue weighted by Crippen LogP contribution is -2.14. The Labute approximate surface area is 49.7 Å². The van der Waals surface area contributed by atoms with Crippen molar-refractivity contribution in [1.82, 2.24) is 5.32 Å². The quantitative estimate of drug-likeness (QED) is 0.558. The zero-order valence-corrected chi connectivity index (χ0v) is 5.22. The van der Waals surface area contributed by atoms with Crippen LogP contribution in [0.25, 0.3) is 0 Å². The molecular formula is C4H11ClFN. The number of nitrogens with one attached hydrogen (secondary N) is 1. The zero-order chi connectivity index (χ0) is 4.83. The Morgan fingerprint density at radius 2 is 2.14 bits per heavy atom. The number of alkyl halides is 1. The zero-order valence-electron chi connectivity index (χ0n) is 4.41. The van der Waals surface area contributed by atoms with Crippen molar-refractivity contribution >= 4 is 12.4 Å². The van der Waals surface area contributed by atoms with Crippen LogP contribution in [0.3, 0.4) is 0 Å². The minimum Gasteiger partial charge on any atom is -0.314 e. The van der Waals surface area contributed by atoms with Crippen LogP contribution in [0.15, 0.2) is 0 Å². The van der Waals surface area contributed by atoms with E-state index >= 15 is 0 Å². The molecule has 3 heteroatoms. The maximum absolute atomic E-state index is 11.1. The van der Waals surface area contributed by atoms with Gasteiger partial charge in [-0.05, 0) is 6.54 Å². The van der Waals surface area contributed by atoms with Crippen LogP contribution in [-0.2, 0) is 0 Å². The molecule has 0 aromatic heterocycles. The summed E-state index contributed by atoms with van der Waals surface area (Å²) >= 11 is 0. The summed E-state index contributed by atoms with van der Waals surface area (Å²) < 4.78 is 11.1. The molecule has 0 radical (unpaired) electrons. The van der Waals surface area contributed by atoms with Crippen molar-refractivity contribution in [3.05, 3.63) is 0 Å². The van der Waals surface area contributed by atoms with Gasteiger partial charge in [-0.3, -0.25) is 0 Å². The first-order valence-corrected chi connectivity index (χ1v) is 2.18. The highest BCUT2D eigenvalue weighted by molar-refractivity contribution is 5.85. The largest absolute Gasteiger partial charge is 0.314 e. The maximum Gasteiger partial charge on any atom is 0.102 e. The minimum atomic E-state index is -0.256. The molecule has 0 aliphatic carbocycles. The van der Waals surface area contributed by atoms with Crippen molar-refractivity contribution in [2.24, 2.45) is 0 Å². The fourth-order valence-corrected chi connectivity index (χ4v) is 0.244. The molecule has 0 fully saturated rings. The summed E-state index contributed by atoms with van der Waals surface area (Å²) in [6.07, 6.45) is 0. The van der Waals surface area contributed by atoms with Gasteiger partial charge in [-0.15, -0.1) is 12.4 Å². The molecular weight excluding hydrogens is 117 g/mol. The molecule has 46 valence electrons. The van der Waals surface area contributed by atoms with E-state index in [-0.39, 0.29) is 19.1 Å². The van der Waals surface area contributed by atoms with Gasteiger partial charge in [0.1, 0.15) is 6.67 Å². The summed E-state index contributed by atoms with van der Waals surface area (Å²) in [5.74, 6) is 0. The molecule has 0 saturated carbocycles. The van der Waals surface area contributed by atoms with Crippen molar-refractivity contribution < 1.29 is 4.39 Å². The fraction of sp³-hybridized carbons (Fsp3) is 1.00. The van der Waals surface area contributed by atoms with Crippen LogP contribution in [0, 0.1) is 0 Å². The summed E-state index contributed by atoms with van der Waals surface area (Å²) in [6.45, 7) is 3.06. The van der Waals surface area contributed by atoms with Gasteiger partial charge >= 0.3 is 0 Å². The molecule has 1 N–H and O–H groups in total. The van der Waals surface area contributed by atoms with Gasteiger partial charge in [-0.2, -0.15) is 0 Å². The van der Waals surface area contributed by atoms with Crippen LogP contribution in [0.4, 0.5) is 4.39 Å². The predicted octanol–water partition coefficient (Wildman–Crippen LogP) is 0.987. The Morgan fingerprint density at radius 1 is 1.57 bits per heavy atom. The fourth-order valence-electron chi connectivity index (χ4n) is 0.244. The van der Waals surface area contributed by atoms with E-state index in [1.165, 1.54) is 0 Å². The Balaban J connectivity index is 0. The second-order valence-electron chi connectivity index (χ2n) is 1.04. The van der Waals surface area contributed by atoms with Crippen LogP contribution < -0.4 is 5.32 Å². The molecule has 0 aliphatic rings. The third-order valence-electron chi connectivity index (χ3n) is 0.521. The summed E-state index contributed by atoms with van der Waals surface area (Å²) in [5, 5.41) is 2.82. The number of hydrogen-bond donors (Lipinski definition) is 1. The minimum absolute atomic E-state index is 0. The van der Waals surface area contributed by atoms with Crippen LogP contribution in [0.2, 0.25) is 0 Å². The van der Waals surface area contributed by atoms with Crippen LogP contribution >= 0.6 is 12.4 Å². The van der Waals surface area contributed by atoms with Crippen molar-refractivity contribution in [1.29, 1.82) is 0 Å². The van der Waals surface area contributed by atoms with Crippen molar-refractivity contribution in [3.63, 3.8) is 0 Å². The van der Waals surface area contributed by atoms with E-state index in [0.29, 0.717) is 6.54 Å². The van der Waals surface area contributed by atoms with E-state index in [1.807, 2.05) is 6.92 Å². The third-order valence-corrected chi connectivity index (χ3v) is 0.521. The average molecular weight is 128 g/mol. The summed E-state index contributed by atoms with van der Waals surface area (Å²) in [7, 11) is 0. The molecule has 0 saturated heterocycles. The lowest BCUT2D eigenvalue weighted by atomic mass is 10.6. The van der Waals surface area contributed by atoms with E-state index < -0.39 is 0 Å². The van der Waals surface area contributed by atoms with E-state index in [9.17, 15) is 4.39 Å². The highest BCUT2D eigenvalue weighted by Gasteiger charge is 1.74. The van der Waals surface area contributed by atoms with E-state index in [4.69, 9.17) is 0 Å². The summed E-state index contributed by atoms with van der Waals surface area (Å²) in [4.78, 5) is 0. The lowest BCUT2D eigenvalue weighted by Gasteiger charge is -1.89. The SMILES string of the molecule is CCNCCF.Cl. The Kier molecular flexibility index (Phi) is 13.9. The molecule has 0 unspecified atom stereocenters. The van der Waals surface area contributed by atoms with Gasteiger partial charge in [-0.1, -0.05) is 6.92 Å². The van der Waals surface area contributed by atoms with Gasteiger partial charge in [0.05, 0.1) is 0 Å². The number of halogens is 2. The smallest absolute Gasteiger partial charge is 0.102 e. The highest BCUT2D eigenvalue weighted by Crippen LogP contribution is 1.59. The van der Waals surface area contributed by atoms with E-state index in [0.717, 1.165) is 6.54 Å². The number of hydrogen-bond acceptors (Lipinski definition) is 1. The molecule has 7 heavy (non-hydrogen) atoms. The molecule has 0 atom stereocenters. The molecule has 0 amide bonds. The molecule has 0 heterocycles. The lowest BCUT2D eigenvalue weighted by molar-refractivity contribution is 0.472. The number of rotatable bonds is 3. The molecule has 0 aliphatic heterocycles. The molecule has 0 bridgehead atoms. The van der Waals surface area contributed by atoms with E-state index in [1.54, 1.807) is 0 Å². The van der Waals surface area contributed by atoms with Crippen molar-refractivity contribution in [2.45, 2.75) is 6.92 Å². The highest BCUT2D eigenvalue weighted by atomic mass is 35.5.